The first kappa shape index (κ1) is 24.4. The van der Waals surface area contributed by atoms with Gasteiger partial charge in [-0.3, -0.25) is 4.79 Å². The van der Waals surface area contributed by atoms with Gasteiger partial charge in [-0.05, 0) is 43.7 Å². The molecule has 0 bridgehead atoms. The molecule has 0 aliphatic carbocycles. The Morgan fingerprint density at radius 3 is 2.50 bits per heavy atom. The molecular weight excluding hydrogens is 473 g/mol. The predicted molar refractivity (Wildman–Crippen MR) is 136 cm³/mol. The lowest BCUT2D eigenvalue weighted by molar-refractivity contribution is -0.131. The van der Waals surface area contributed by atoms with Gasteiger partial charge in [0.25, 0.3) is 0 Å². The second-order valence-corrected chi connectivity index (χ2v) is 9.82. The molecule has 0 unspecified atom stereocenters. The normalized spacial score (nSPS) is 14.0. The Balaban J connectivity index is 1.31. The Bertz CT molecular complexity index is 1100. The molecule has 0 spiro atoms. The number of carbonyl (C=O) groups excluding carboxylic acids is 1. The van der Waals surface area contributed by atoms with Crippen LogP contribution in [0.4, 0.5) is 15.2 Å². The zero-order valence-corrected chi connectivity index (χ0v) is 21.0. The van der Waals surface area contributed by atoms with Crippen LogP contribution in [0.5, 0.6) is 0 Å². The lowest BCUT2D eigenvalue weighted by atomic mass is 10.1. The van der Waals surface area contributed by atoms with Gasteiger partial charge in [0.15, 0.2) is 0 Å². The van der Waals surface area contributed by atoms with Crippen molar-refractivity contribution in [3.63, 3.8) is 0 Å². The van der Waals surface area contributed by atoms with E-state index in [0.29, 0.717) is 56.3 Å². The average Bonchev–Trinajstić information content (AvgIpc) is 3.29. The highest BCUT2D eigenvalue weighted by Gasteiger charge is 2.24. The van der Waals surface area contributed by atoms with Crippen molar-refractivity contribution in [2.45, 2.75) is 32.7 Å². The Kier molecular flexibility index (Phi) is 8.00. The molecule has 1 amide bonds. The van der Waals surface area contributed by atoms with Gasteiger partial charge in [-0.15, -0.1) is 0 Å². The average molecular weight is 502 g/mol. The van der Waals surface area contributed by atoms with E-state index in [0.717, 1.165) is 16.5 Å². The first-order valence-electron chi connectivity index (χ1n) is 11.5. The molecule has 3 aromatic rings. The van der Waals surface area contributed by atoms with Gasteiger partial charge in [0.2, 0.25) is 11.0 Å². The van der Waals surface area contributed by atoms with Gasteiger partial charge in [-0.2, -0.15) is 4.37 Å². The molecule has 1 aromatic heterocycles. The minimum Gasteiger partial charge on any atom is -0.366 e. The number of amides is 1. The highest BCUT2D eigenvalue weighted by atomic mass is 35.5. The van der Waals surface area contributed by atoms with E-state index in [1.807, 2.05) is 40.1 Å². The molecule has 0 saturated carbocycles. The maximum atomic E-state index is 14.1. The van der Waals surface area contributed by atoms with E-state index in [-0.39, 0.29) is 17.8 Å². The number of benzene rings is 2. The molecule has 34 heavy (non-hydrogen) atoms. The first-order chi connectivity index (χ1) is 16.4. The van der Waals surface area contributed by atoms with Gasteiger partial charge in [0, 0.05) is 68.2 Å². The summed E-state index contributed by atoms with van der Waals surface area (Å²) in [4.78, 5) is 23.6. The summed E-state index contributed by atoms with van der Waals surface area (Å²) in [5, 5.41) is 1.54. The first-order valence-corrected chi connectivity index (χ1v) is 12.7. The highest BCUT2D eigenvalue weighted by molar-refractivity contribution is 7.09. The summed E-state index contributed by atoms with van der Waals surface area (Å²) < 4.78 is 18.6. The molecular formula is C25H29ClFN5OS. The van der Waals surface area contributed by atoms with E-state index in [4.69, 9.17) is 16.6 Å². The Labute approximate surface area is 209 Å². The summed E-state index contributed by atoms with van der Waals surface area (Å²) in [7, 11) is 0. The number of para-hydroxylation sites is 1. The third-order valence-corrected chi connectivity index (χ3v) is 7.04. The topological polar surface area (TPSA) is 52.6 Å². The van der Waals surface area contributed by atoms with E-state index < -0.39 is 0 Å². The largest absolute Gasteiger partial charge is 0.366 e. The maximum absolute atomic E-state index is 14.1. The molecule has 6 nitrogen and oxygen atoms in total. The number of halogens is 2. The third kappa shape index (κ3) is 6.04. The molecule has 2 heterocycles. The number of hydrogen-bond donors (Lipinski definition) is 0. The summed E-state index contributed by atoms with van der Waals surface area (Å²) in [6, 6.07) is 14.7. The van der Waals surface area contributed by atoms with Crippen LogP contribution in [-0.4, -0.2) is 58.9 Å². The highest BCUT2D eigenvalue weighted by Crippen LogP contribution is 2.23. The Morgan fingerprint density at radius 2 is 1.82 bits per heavy atom. The molecule has 1 saturated heterocycles. The lowest BCUT2D eigenvalue weighted by Gasteiger charge is -2.36. The van der Waals surface area contributed by atoms with Gasteiger partial charge in [0.05, 0.1) is 5.69 Å². The molecule has 0 N–H and O–H groups in total. The molecule has 0 atom stereocenters. The fraction of sp³-hybridized carbons (Fsp3) is 0.400. The van der Waals surface area contributed by atoms with Crippen molar-refractivity contribution >= 4 is 39.9 Å². The van der Waals surface area contributed by atoms with Crippen molar-refractivity contribution in [2.24, 2.45) is 0 Å². The van der Waals surface area contributed by atoms with Gasteiger partial charge >= 0.3 is 0 Å². The fourth-order valence-corrected chi connectivity index (χ4v) is 5.04. The van der Waals surface area contributed by atoms with Crippen molar-refractivity contribution in [1.29, 1.82) is 0 Å². The molecule has 1 fully saturated rings. The van der Waals surface area contributed by atoms with Crippen LogP contribution in [0.25, 0.3) is 0 Å². The van der Waals surface area contributed by atoms with Crippen LogP contribution in [0.3, 0.4) is 0 Å². The van der Waals surface area contributed by atoms with Gasteiger partial charge in [-0.25, -0.2) is 9.37 Å². The molecule has 9 heteroatoms. The van der Waals surface area contributed by atoms with Crippen molar-refractivity contribution in [2.75, 3.05) is 42.5 Å². The lowest BCUT2D eigenvalue weighted by Crippen LogP contribution is -2.49. The van der Waals surface area contributed by atoms with Crippen molar-refractivity contribution in [3.05, 3.63) is 70.8 Å². The predicted octanol–water partition coefficient (Wildman–Crippen LogP) is 4.88. The third-order valence-electron chi connectivity index (χ3n) is 5.99. The quantitative estimate of drug-likeness (QED) is 0.440. The number of piperazine rings is 1. The van der Waals surface area contributed by atoms with Crippen LogP contribution in [0.15, 0.2) is 48.5 Å². The zero-order chi connectivity index (χ0) is 24.1. The summed E-state index contributed by atoms with van der Waals surface area (Å²) in [6.45, 7) is 7.23. The van der Waals surface area contributed by atoms with E-state index in [2.05, 4.69) is 23.1 Å². The van der Waals surface area contributed by atoms with Crippen molar-refractivity contribution in [1.82, 2.24) is 14.3 Å². The molecule has 0 radical (unpaired) electrons. The molecule has 2 aromatic carbocycles. The minimum atomic E-state index is -0.220. The number of rotatable bonds is 8. The number of aromatic nitrogens is 2. The summed E-state index contributed by atoms with van der Waals surface area (Å²) in [6.07, 6.45) is 1.05. The second kappa shape index (κ2) is 11.1. The maximum Gasteiger partial charge on any atom is 0.224 e. The summed E-state index contributed by atoms with van der Waals surface area (Å²) in [5.41, 5.74) is 1.71. The van der Waals surface area contributed by atoms with E-state index in [1.54, 1.807) is 12.1 Å². The van der Waals surface area contributed by atoms with Crippen LogP contribution in [0, 0.1) is 5.82 Å². The smallest absolute Gasteiger partial charge is 0.224 e. The van der Waals surface area contributed by atoms with Crippen LogP contribution >= 0.6 is 23.1 Å². The zero-order valence-electron chi connectivity index (χ0n) is 19.5. The summed E-state index contributed by atoms with van der Waals surface area (Å²) in [5.74, 6) is 0.663. The van der Waals surface area contributed by atoms with E-state index in [9.17, 15) is 9.18 Å². The monoisotopic (exact) mass is 501 g/mol. The van der Waals surface area contributed by atoms with Crippen molar-refractivity contribution < 1.29 is 9.18 Å². The van der Waals surface area contributed by atoms with Crippen LogP contribution < -0.4 is 9.80 Å². The fourth-order valence-electron chi connectivity index (χ4n) is 4.07. The standard InChI is InChI=1S/C25H29ClFN5OS/c1-18(2)32(25-28-23(29-34-25)17-19-7-9-20(26)10-8-19)12-11-24(33)31-15-13-30(14-16-31)22-6-4-3-5-21(22)27/h3-10,18H,11-17H2,1-2H3. The van der Waals surface area contributed by atoms with Crippen LogP contribution in [0.1, 0.15) is 31.7 Å². The number of hydrogen-bond acceptors (Lipinski definition) is 6. The van der Waals surface area contributed by atoms with Gasteiger partial charge in [-0.1, -0.05) is 35.9 Å². The number of nitrogens with zero attached hydrogens (tertiary/aromatic N) is 5. The molecule has 1 aliphatic rings. The van der Waals surface area contributed by atoms with Gasteiger partial charge < -0.3 is 14.7 Å². The summed E-state index contributed by atoms with van der Waals surface area (Å²) >= 11 is 7.34. The van der Waals surface area contributed by atoms with E-state index in [1.165, 1.54) is 17.6 Å². The van der Waals surface area contributed by atoms with Crippen LogP contribution in [0.2, 0.25) is 5.02 Å². The van der Waals surface area contributed by atoms with E-state index >= 15 is 0 Å². The number of carbonyl (C=O) groups is 1. The Morgan fingerprint density at radius 1 is 1.12 bits per heavy atom. The number of anilines is 2. The molecule has 180 valence electrons. The molecule has 1 aliphatic heterocycles. The second-order valence-electron chi connectivity index (χ2n) is 8.65. The van der Waals surface area contributed by atoms with Gasteiger partial charge in [0.1, 0.15) is 11.6 Å². The minimum absolute atomic E-state index is 0.115. The van der Waals surface area contributed by atoms with Crippen molar-refractivity contribution in [3.8, 4) is 0 Å². The Hall–Kier alpha value is -2.71. The van der Waals surface area contributed by atoms with Crippen LogP contribution in [-0.2, 0) is 11.2 Å². The molecule has 4 rings (SSSR count). The SMILES string of the molecule is CC(C)N(CCC(=O)N1CCN(c2ccccc2F)CC1)c1nc(Cc2ccc(Cl)cc2)ns1.